The molecule has 0 aromatic heterocycles. The van der Waals surface area contributed by atoms with Crippen LogP contribution in [0.1, 0.15) is 12.5 Å². The van der Waals surface area contributed by atoms with Crippen molar-refractivity contribution in [1.29, 1.82) is 0 Å². The second kappa shape index (κ2) is 4.97. The highest BCUT2D eigenvalue weighted by molar-refractivity contribution is 5.95. The predicted octanol–water partition coefficient (Wildman–Crippen LogP) is 1.80. The lowest BCUT2D eigenvalue weighted by atomic mass is 10.1. The lowest BCUT2D eigenvalue weighted by Gasteiger charge is -1.97. The van der Waals surface area contributed by atoms with Crippen LogP contribution in [-0.2, 0) is 4.79 Å². The van der Waals surface area contributed by atoms with Gasteiger partial charge in [-0.2, -0.15) is 0 Å². The van der Waals surface area contributed by atoms with E-state index in [1.165, 1.54) is 24.3 Å². The predicted molar refractivity (Wildman–Crippen MR) is 58.7 cm³/mol. The SMILES string of the molecule is CC(=O)C(=Cc1ccccc1[N+](=O)[O-])[N+](=O)[O-]. The standard InChI is InChI=1S/C10H8N2O5/c1-7(13)10(12(16)17)6-8-4-2-3-5-9(8)11(14)15/h2-6H,1H3. The van der Waals surface area contributed by atoms with Crippen molar-refractivity contribution in [3.05, 3.63) is 55.8 Å². The van der Waals surface area contributed by atoms with Gasteiger partial charge in [0.15, 0.2) is 0 Å². The third-order valence-corrected chi connectivity index (χ3v) is 1.98. The number of Topliss-reactive ketones (excluding diaryl/α,β-unsaturated/α-hetero) is 1. The fourth-order valence-corrected chi connectivity index (χ4v) is 1.21. The molecular formula is C10H8N2O5. The Labute approximate surface area is 95.7 Å². The Bertz CT molecular complexity index is 505. The first-order valence-corrected chi connectivity index (χ1v) is 4.54. The highest BCUT2D eigenvalue weighted by Gasteiger charge is 2.20. The number of nitro groups is 2. The van der Waals surface area contributed by atoms with Crippen molar-refractivity contribution in [2.24, 2.45) is 0 Å². The number of carbonyl (C=O) groups is 1. The number of rotatable bonds is 4. The Hall–Kier alpha value is -2.57. The molecule has 0 bridgehead atoms. The van der Waals surface area contributed by atoms with Crippen LogP contribution < -0.4 is 0 Å². The lowest BCUT2D eigenvalue weighted by Crippen LogP contribution is -2.07. The Morgan fingerprint density at radius 2 is 1.82 bits per heavy atom. The van der Waals surface area contributed by atoms with Gasteiger partial charge in [0.05, 0.1) is 15.4 Å². The van der Waals surface area contributed by atoms with Crippen molar-refractivity contribution < 1.29 is 14.6 Å². The molecule has 1 aromatic rings. The summed E-state index contributed by atoms with van der Waals surface area (Å²) < 4.78 is 0. The fraction of sp³-hybridized carbons (Fsp3) is 0.100. The Morgan fingerprint density at radius 3 is 2.29 bits per heavy atom. The second-order valence-corrected chi connectivity index (χ2v) is 3.16. The minimum atomic E-state index is -0.862. The summed E-state index contributed by atoms with van der Waals surface area (Å²) in [6, 6.07) is 5.49. The van der Waals surface area contributed by atoms with Gasteiger partial charge in [-0.05, 0) is 6.07 Å². The molecule has 0 aliphatic carbocycles. The summed E-state index contributed by atoms with van der Waals surface area (Å²) in [5.74, 6) is -0.756. The molecule has 0 atom stereocenters. The van der Waals surface area contributed by atoms with Crippen molar-refractivity contribution >= 4 is 17.5 Å². The molecule has 0 saturated heterocycles. The molecule has 0 heterocycles. The molecule has 0 aliphatic heterocycles. The van der Waals surface area contributed by atoms with Crippen LogP contribution in [0.5, 0.6) is 0 Å². The van der Waals surface area contributed by atoms with Crippen LogP contribution >= 0.6 is 0 Å². The fourth-order valence-electron chi connectivity index (χ4n) is 1.21. The molecule has 7 heteroatoms. The summed E-state index contributed by atoms with van der Waals surface area (Å²) in [6.07, 6.45) is 0.903. The van der Waals surface area contributed by atoms with E-state index >= 15 is 0 Å². The Balaban J connectivity index is 3.34. The van der Waals surface area contributed by atoms with Crippen LogP contribution in [0.25, 0.3) is 6.08 Å². The monoisotopic (exact) mass is 236 g/mol. The number of para-hydroxylation sites is 1. The first kappa shape index (κ1) is 12.5. The summed E-state index contributed by atoms with van der Waals surface area (Å²) >= 11 is 0. The van der Waals surface area contributed by atoms with Crippen molar-refractivity contribution in [3.63, 3.8) is 0 Å². The summed E-state index contributed by atoms with van der Waals surface area (Å²) in [7, 11) is 0. The number of hydrogen-bond acceptors (Lipinski definition) is 5. The molecule has 7 nitrogen and oxygen atoms in total. The number of nitrogens with zero attached hydrogens (tertiary/aromatic N) is 2. The van der Waals surface area contributed by atoms with E-state index < -0.39 is 21.3 Å². The van der Waals surface area contributed by atoms with Crippen molar-refractivity contribution in [3.8, 4) is 0 Å². The van der Waals surface area contributed by atoms with Gasteiger partial charge in [-0.25, -0.2) is 0 Å². The third-order valence-electron chi connectivity index (χ3n) is 1.98. The first-order chi connectivity index (χ1) is 7.93. The second-order valence-electron chi connectivity index (χ2n) is 3.16. The zero-order chi connectivity index (χ0) is 13.0. The summed E-state index contributed by atoms with van der Waals surface area (Å²) in [4.78, 5) is 30.7. The van der Waals surface area contributed by atoms with Gasteiger partial charge in [-0.3, -0.25) is 25.0 Å². The molecule has 1 rings (SSSR count). The topological polar surface area (TPSA) is 103 Å². The van der Waals surface area contributed by atoms with Gasteiger partial charge in [0.1, 0.15) is 0 Å². The van der Waals surface area contributed by atoms with E-state index in [-0.39, 0.29) is 11.3 Å². The lowest BCUT2D eigenvalue weighted by molar-refractivity contribution is -0.417. The molecule has 17 heavy (non-hydrogen) atoms. The van der Waals surface area contributed by atoms with Gasteiger partial charge < -0.3 is 0 Å². The smallest absolute Gasteiger partial charge is 0.288 e. The van der Waals surface area contributed by atoms with Gasteiger partial charge in [-0.15, -0.1) is 0 Å². The maximum absolute atomic E-state index is 11.0. The molecule has 0 amide bonds. The van der Waals surface area contributed by atoms with E-state index in [0.29, 0.717) is 0 Å². The van der Waals surface area contributed by atoms with Crippen LogP contribution in [0.15, 0.2) is 30.0 Å². The number of ketones is 1. The minimum Gasteiger partial charge on any atom is -0.288 e. The number of nitro benzene ring substituents is 1. The van der Waals surface area contributed by atoms with Crippen molar-refractivity contribution in [2.45, 2.75) is 6.92 Å². The van der Waals surface area contributed by atoms with Gasteiger partial charge in [0.2, 0.25) is 5.78 Å². The molecule has 88 valence electrons. The van der Waals surface area contributed by atoms with E-state index in [1.807, 2.05) is 0 Å². The number of hydrogen-bond donors (Lipinski definition) is 0. The largest absolute Gasteiger partial charge is 0.312 e. The molecule has 0 spiro atoms. The maximum Gasteiger partial charge on any atom is 0.312 e. The van der Waals surface area contributed by atoms with Gasteiger partial charge in [0.25, 0.3) is 5.69 Å². The Kier molecular flexibility index (Phi) is 3.66. The normalized spacial score (nSPS) is 11.0. The van der Waals surface area contributed by atoms with Gasteiger partial charge in [0, 0.05) is 19.1 Å². The van der Waals surface area contributed by atoms with E-state index in [9.17, 15) is 25.0 Å². The van der Waals surface area contributed by atoms with E-state index in [0.717, 1.165) is 13.0 Å². The molecule has 0 aliphatic rings. The number of allylic oxidation sites excluding steroid dienone is 1. The molecule has 0 fully saturated rings. The van der Waals surface area contributed by atoms with E-state index in [1.54, 1.807) is 0 Å². The summed E-state index contributed by atoms with van der Waals surface area (Å²) in [5, 5.41) is 21.2. The van der Waals surface area contributed by atoms with Crippen LogP contribution in [0.3, 0.4) is 0 Å². The molecule has 0 N–H and O–H groups in total. The minimum absolute atomic E-state index is 0.0272. The molecule has 0 radical (unpaired) electrons. The highest BCUT2D eigenvalue weighted by Crippen LogP contribution is 2.20. The van der Waals surface area contributed by atoms with Gasteiger partial charge >= 0.3 is 5.70 Å². The van der Waals surface area contributed by atoms with Crippen LogP contribution in [0.4, 0.5) is 5.69 Å². The zero-order valence-corrected chi connectivity index (χ0v) is 8.82. The average Bonchev–Trinajstić information content (AvgIpc) is 2.25. The highest BCUT2D eigenvalue weighted by atomic mass is 16.6. The summed E-state index contributed by atoms with van der Waals surface area (Å²) in [6.45, 7) is 1.03. The first-order valence-electron chi connectivity index (χ1n) is 4.54. The van der Waals surface area contributed by atoms with E-state index in [4.69, 9.17) is 0 Å². The molecule has 0 saturated carbocycles. The molecule has 0 unspecified atom stereocenters. The number of benzene rings is 1. The van der Waals surface area contributed by atoms with Crippen molar-refractivity contribution in [1.82, 2.24) is 0 Å². The maximum atomic E-state index is 11.0. The molecular weight excluding hydrogens is 228 g/mol. The van der Waals surface area contributed by atoms with E-state index in [2.05, 4.69) is 0 Å². The zero-order valence-electron chi connectivity index (χ0n) is 8.82. The van der Waals surface area contributed by atoms with Crippen molar-refractivity contribution in [2.75, 3.05) is 0 Å². The Morgan fingerprint density at radius 1 is 1.24 bits per heavy atom. The number of carbonyl (C=O) groups excluding carboxylic acids is 1. The van der Waals surface area contributed by atoms with Crippen LogP contribution in [0.2, 0.25) is 0 Å². The third kappa shape index (κ3) is 2.94. The average molecular weight is 236 g/mol. The molecule has 1 aromatic carbocycles. The van der Waals surface area contributed by atoms with Gasteiger partial charge in [-0.1, -0.05) is 12.1 Å². The van der Waals surface area contributed by atoms with Crippen LogP contribution in [-0.4, -0.2) is 15.6 Å². The van der Waals surface area contributed by atoms with Crippen LogP contribution in [0, 0.1) is 20.2 Å². The summed E-state index contributed by atoms with van der Waals surface area (Å²) in [5.41, 5.74) is -0.938. The quantitative estimate of drug-likeness (QED) is 0.450.